The van der Waals surface area contributed by atoms with E-state index in [0.29, 0.717) is 22.2 Å². The summed E-state index contributed by atoms with van der Waals surface area (Å²) >= 11 is 12.2. The number of carbonyl (C=O) groups excluding carboxylic acids is 1. The molecule has 1 amide bonds. The van der Waals surface area contributed by atoms with E-state index >= 15 is 0 Å². The maximum atomic E-state index is 12.5. The van der Waals surface area contributed by atoms with Gasteiger partial charge in [0.2, 0.25) is 5.91 Å². The summed E-state index contributed by atoms with van der Waals surface area (Å²) in [4.78, 5) is 12.5. The summed E-state index contributed by atoms with van der Waals surface area (Å²) in [6.45, 7) is 0. The van der Waals surface area contributed by atoms with Gasteiger partial charge in [-0.1, -0.05) is 29.3 Å². The minimum absolute atomic E-state index is 0.0890. The Bertz CT molecular complexity index is 578. The molecule has 0 spiro atoms. The quantitative estimate of drug-likeness (QED) is 0.770. The van der Waals surface area contributed by atoms with Gasteiger partial charge in [0.05, 0.1) is 15.7 Å². The molecule has 4 aliphatic carbocycles. The average molecular weight is 338 g/mol. The molecule has 4 heteroatoms. The largest absolute Gasteiger partial charge is 0.325 e. The SMILES string of the molecule is O=C(CC12CC3CC(CC(C3)C1)C2)Nc1cccc(Cl)c1Cl. The maximum Gasteiger partial charge on any atom is 0.224 e. The Morgan fingerprint density at radius 1 is 1.09 bits per heavy atom. The van der Waals surface area contributed by atoms with Crippen LogP contribution in [0, 0.1) is 23.2 Å². The monoisotopic (exact) mass is 337 g/mol. The molecule has 1 N–H and O–H groups in total. The van der Waals surface area contributed by atoms with Crippen LogP contribution in [0.5, 0.6) is 0 Å². The highest BCUT2D eigenvalue weighted by Crippen LogP contribution is 2.61. The first-order valence-electron chi connectivity index (χ1n) is 8.27. The number of anilines is 1. The van der Waals surface area contributed by atoms with Crippen LogP contribution >= 0.6 is 23.2 Å². The first-order valence-corrected chi connectivity index (χ1v) is 9.02. The Hall–Kier alpha value is -0.730. The molecule has 4 saturated carbocycles. The Morgan fingerprint density at radius 2 is 1.68 bits per heavy atom. The highest BCUT2D eigenvalue weighted by molar-refractivity contribution is 6.43. The van der Waals surface area contributed by atoms with Gasteiger partial charge < -0.3 is 5.32 Å². The Balaban J connectivity index is 1.47. The van der Waals surface area contributed by atoms with Gasteiger partial charge in [-0.15, -0.1) is 0 Å². The molecule has 1 aromatic rings. The molecule has 0 aliphatic heterocycles. The fourth-order valence-electron chi connectivity index (χ4n) is 5.64. The van der Waals surface area contributed by atoms with Crippen molar-refractivity contribution in [2.24, 2.45) is 23.2 Å². The van der Waals surface area contributed by atoms with Crippen molar-refractivity contribution in [1.82, 2.24) is 0 Å². The third kappa shape index (κ3) is 2.65. The smallest absolute Gasteiger partial charge is 0.224 e. The van der Waals surface area contributed by atoms with E-state index in [2.05, 4.69) is 5.32 Å². The summed E-state index contributed by atoms with van der Waals surface area (Å²) in [5.41, 5.74) is 0.882. The van der Waals surface area contributed by atoms with Crippen molar-refractivity contribution >= 4 is 34.8 Å². The number of carbonyl (C=O) groups is 1. The number of halogens is 2. The molecule has 4 aliphatic rings. The van der Waals surface area contributed by atoms with Crippen LogP contribution in [0.2, 0.25) is 10.0 Å². The van der Waals surface area contributed by atoms with Crippen LogP contribution in [-0.2, 0) is 4.79 Å². The van der Waals surface area contributed by atoms with Crippen LogP contribution < -0.4 is 5.32 Å². The molecular weight excluding hydrogens is 317 g/mol. The molecule has 4 bridgehead atoms. The van der Waals surface area contributed by atoms with Crippen molar-refractivity contribution < 1.29 is 4.79 Å². The van der Waals surface area contributed by atoms with Gasteiger partial charge in [-0.25, -0.2) is 0 Å². The van der Waals surface area contributed by atoms with Gasteiger partial charge in [0.1, 0.15) is 0 Å². The van der Waals surface area contributed by atoms with Gasteiger partial charge in [0.25, 0.3) is 0 Å². The zero-order chi connectivity index (χ0) is 15.3. The molecule has 4 fully saturated rings. The van der Waals surface area contributed by atoms with Gasteiger partial charge in [-0.3, -0.25) is 4.79 Å². The lowest BCUT2D eigenvalue weighted by molar-refractivity contribution is -0.124. The molecule has 1 aromatic carbocycles. The first-order chi connectivity index (χ1) is 10.5. The molecule has 2 nitrogen and oxygen atoms in total. The highest BCUT2D eigenvalue weighted by atomic mass is 35.5. The number of hydrogen-bond donors (Lipinski definition) is 1. The summed E-state index contributed by atoms with van der Waals surface area (Å²) in [6.07, 6.45) is 8.59. The molecule has 22 heavy (non-hydrogen) atoms. The number of benzene rings is 1. The lowest BCUT2D eigenvalue weighted by atomic mass is 9.49. The van der Waals surface area contributed by atoms with Gasteiger partial charge in [0.15, 0.2) is 0 Å². The molecule has 0 atom stereocenters. The Labute approximate surface area is 141 Å². The summed E-state index contributed by atoms with van der Waals surface area (Å²) in [6, 6.07) is 5.36. The predicted molar refractivity (Wildman–Crippen MR) is 90.3 cm³/mol. The Morgan fingerprint density at radius 3 is 2.27 bits per heavy atom. The Kier molecular flexibility index (Phi) is 3.65. The van der Waals surface area contributed by atoms with Gasteiger partial charge >= 0.3 is 0 Å². The van der Waals surface area contributed by atoms with E-state index in [1.165, 1.54) is 38.5 Å². The lowest BCUT2D eigenvalue weighted by Crippen LogP contribution is -2.47. The van der Waals surface area contributed by atoms with Crippen molar-refractivity contribution in [3.63, 3.8) is 0 Å². The van der Waals surface area contributed by atoms with E-state index in [1.807, 2.05) is 12.1 Å². The minimum atomic E-state index is 0.0890. The van der Waals surface area contributed by atoms with Crippen molar-refractivity contribution in [1.29, 1.82) is 0 Å². The standard InChI is InChI=1S/C18H21Cl2NO/c19-14-2-1-3-15(17(14)20)21-16(22)10-18-7-11-4-12(8-18)6-13(5-11)9-18/h1-3,11-13H,4-10H2,(H,21,22). The molecule has 0 radical (unpaired) electrons. The van der Waals surface area contributed by atoms with Crippen LogP contribution in [0.25, 0.3) is 0 Å². The van der Waals surface area contributed by atoms with Gasteiger partial charge in [-0.2, -0.15) is 0 Å². The number of amides is 1. The van der Waals surface area contributed by atoms with E-state index in [9.17, 15) is 4.79 Å². The molecule has 0 heterocycles. The summed E-state index contributed by atoms with van der Waals surface area (Å²) in [5.74, 6) is 2.70. The average Bonchev–Trinajstić information content (AvgIpc) is 2.41. The van der Waals surface area contributed by atoms with Crippen LogP contribution in [0.15, 0.2) is 18.2 Å². The van der Waals surface area contributed by atoms with Gasteiger partial charge in [0, 0.05) is 6.42 Å². The first kappa shape index (κ1) is 14.8. The zero-order valence-corrected chi connectivity index (χ0v) is 14.1. The second kappa shape index (κ2) is 5.42. The van der Waals surface area contributed by atoms with E-state index in [4.69, 9.17) is 23.2 Å². The molecule has 0 unspecified atom stereocenters. The second-order valence-corrected chi connectivity index (χ2v) is 8.53. The molecule has 0 aromatic heterocycles. The van der Waals surface area contributed by atoms with Crippen LogP contribution in [0.3, 0.4) is 0 Å². The topological polar surface area (TPSA) is 29.1 Å². The van der Waals surface area contributed by atoms with E-state index in [0.717, 1.165) is 17.8 Å². The highest BCUT2D eigenvalue weighted by Gasteiger charge is 2.51. The van der Waals surface area contributed by atoms with Crippen LogP contribution in [0.4, 0.5) is 5.69 Å². The molecule has 5 rings (SSSR count). The van der Waals surface area contributed by atoms with Crippen molar-refractivity contribution in [2.75, 3.05) is 5.32 Å². The van der Waals surface area contributed by atoms with Crippen LogP contribution in [-0.4, -0.2) is 5.91 Å². The zero-order valence-electron chi connectivity index (χ0n) is 12.6. The normalized spacial score (nSPS) is 35.6. The second-order valence-electron chi connectivity index (χ2n) is 7.74. The van der Waals surface area contributed by atoms with Gasteiger partial charge in [-0.05, 0) is 73.8 Å². The van der Waals surface area contributed by atoms with Crippen molar-refractivity contribution in [2.45, 2.75) is 44.9 Å². The fraction of sp³-hybridized carbons (Fsp3) is 0.611. The minimum Gasteiger partial charge on any atom is -0.325 e. The summed E-state index contributed by atoms with van der Waals surface area (Å²) in [7, 11) is 0. The third-order valence-corrected chi connectivity index (χ3v) is 6.75. The fourth-order valence-corrected chi connectivity index (χ4v) is 5.99. The molecule has 118 valence electrons. The van der Waals surface area contributed by atoms with E-state index in [1.54, 1.807) is 6.07 Å². The van der Waals surface area contributed by atoms with E-state index < -0.39 is 0 Å². The van der Waals surface area contributed by atoms with E-state index in [-0.39, 0.29) is 11.3 Å². The maximum absolute atomic E-state index is 12.5. The number of rotatable bonds is 3. The number of nitrogens with one attached hydrogen (secondary N) is 1. The molecular formula is C18H21Cl2NO. The lowest BCUT2D eigenvalue weighted by Gasteiger charge is -2.56. The van der Waals surface area contributed by atoms with Crippen molar-refractivity contribution in [3.05, 3.63) is 28.2 Å². The third-order valence-electron chi connectivity index (χ3n) is 5.93. The van der Waals surface area contributed by atoms with Crippen LogP contribution in [0.1, 0.15) is 44.9 Å². The summed E-state index contributed by atoms with van der Waals surface area (Å²) in [5, 5.41) is 3.88. The summed E-state index contributed by atoms with van der Waals surface area (Å²) < 4.78 is 0. The molecule has 0 saturated heterocycles. The number of hydrogen-bond acceptors (Lipinski definition) is 1. The van der Waals surface area contributed by atoms with Crippen molar-refractivity contribution in [3.8, 4) is 0 Å². The predicted octanol–water partition coefficient (Wildman–Crippen LogP) is 5.54.